The van der Waals surface area contributed by atoms with Crippen molar-refractivity contribution in [3.63, 3.8) is 0 Å². The summed E-state index contributed by atoms with van der Waals surface area (Å²) in [5.74, 6) is -0.317. The SMILES string of the molecule is CCOC(=O)C=Cc1ccc(-n2cc(CCN3CCOCC3)c3ccccc32)cc1. The molecule has 1 saturated heterocycles. The fourth-order valence-electron chi connectivity index (χ4n) is 3.87. The Hall–Kier alpha value is -2.89. The van der Waals surface area contributed by atoms with Crippen LogP contribution in [0.2, 0.25) is 0 Å². The van der Waals surface area contributed by atoms with E-state index in [0.29, 0.717) is 6.61 Å². The van der Waals surface area contributed by atoms with E-state index >= 15 is 0 Å². The molecule has 3 aromatic rings. The van der Waals surface area contributed by atoms with E-state index in [0.717, 1.165) is 50.5 Å². The molecule has 30 heavy (non-hydrogen) atoms. The lowest BCUT2D eigenvalue weighted by Gasteiger charge is -2.26. The lowest BCUT2D eigenvalue weighted by molar-refractivity contribution is -0.137. The zero-order valence-corrected chi connectivity index (χ0v) is 17.4. The lowest BCUT2D eigenvalue weighted by atomic mass is 10.1. The number of carbonyl (C=O) groups excluding carboxylic acids is 1. The van der Waals surface area contributed by atoms with Gasteiger partial charge in [0.25, 0.3) is 0 Å². The van der Waals surface area contributed by atoms with Gasteiger partial charge < -0.3 is 14.0 Å². The van der Waals surface area contributed by atoms with Crippen LogP contribution in [0.15, 0.2) is 60.8 Å². The van der Waals surface area contributed by atoms with Gasteiger partial charge in [-0.2, -0.15) is 0 Å². The van der Waals surface area contributed by atoms with Gasteiger partial charge in [0.15, 0.2) is 0 Å². The molecule has 5 heteroatoms. The van der Waals surface area contributed by atoms with Gasteiger partial charge >= 0.3 is 5.97 Å². The first-order valence-electron chi connectivity index (χ1n) is 10.6. The van der Waals surface area contributed by atoms with Crippen molar-refractivity contribution < 1.29 is 14.3 Å². The average Bonchev–Trinajstić information content (AvgIpc) is 3.16. The Balaban J connectivity index is 1.54. The van der Waals surface area contributed by atoms with Gasteiger partial charge in [0.1, 0.15) is 0 Å². The number of benzene rings is 2. The summed E-state index contributed by atoms with van der Waals surface area (Å²) < 4.78 is 12.6. The molecule has 0 bridgehead atoms. The highest BCUT2D eigenvalue weighted by Crippen LogP contribution is 2.26. The topological polar surface area (TPSA) is 43.7 Å². The number of carbonyl (C=O) groups is 1. The molecule has 0 spiro atoms. The number of hydrogen-bond acceptors (Lipinski definition) is 4. The Labute approximate surface area is 177 Å². The number of rotatable bonds is 7. The van der Waals surface area contributed by atoms with Gasteiger partial charge in [-0.3, -0.25) is 4.90 Å². The Kier molecular flexibility index (Phi) is 6.62. The molecule has 0 atom stereocenters. The van der Waals surface area contributed by atoms with Gasteiger partial charge in [-0.05, 0) is 48.7 Å². The van der Waals surface area contributed by atoms with Crippen LogP contribution in [0.1, 0.15) is 18.1 Å². The van der Waals surface area contributed by atoms with E-state index in [9.17, 15) is 4.79 Å². The Morgan fingerprint density at radius 2 is 1.87 bits per heavy atom. The zero-order chi connectivity index (χ0) is 20.8. The summed E-state index contributed by atoms with van der Waals surface area (Å²) in [6.45, 7) is 6.93. The minimum absolute atomic E-state index is 0.317. The highest BCUT2D eigenvalue weighted by atomic mass is 16.5. The minimum atomic E-state index is -0.317. The summed E-state index contributed by atoms with van der Waals surface area (Å²) >= 11 is 0. The first-order chi connectivity index (χ1) is 14.7. The monoisotopic (exact) mass is 404 g/mol. The predicted octanol–water partition coefficient (Wildman–Crippen LogP) is 4.08. The average molecular weight is 405 g/mol. The van der Waals surface area contributed by atoms with E-state index in [1.807, 2.05) is 12.1 Å². The number of ether oxygens (including phenoxy) is 2. The smallest absolute Gasteiger partial charge is 0.330 e. The fourth-order valence-corrected chi connectivity index (χ4v) is 3.87. The Morgan fingerprint density at radius 1 is 1.10 bits per heavy atom. The van der Waals surface area contributed by atoms with Crippen LogP contribution in [0.25, 0.3) is 22.7 Å². The van der Waals surface area contributed by atoms with E-state index in [-0.39, 0.29) is 5.97 Å². The molecule has 1 aliphatic rings. The maximum absolute atomic E-state index is 11.5. The number of hydrogen-bond donors (Lipinski definition) is 0. The fraction of sp³-hybridized carbons (Fsp3) is 0.320. The maximum atomic E-state index is 11.5. The number of fused-ring (bicyclic) bond motifs is 1. The number of esters is 1. The second kappa shape index (κ2) is 9.74. The summed E-state index contributed by atoms with van der Waals surface area (Å²) in [5, 5.41) is 1.30. The van der Waals surface area contributed by atoms with Crippen molar-refractivity contribution in [2.24, 2.45) is 0 Å². The van der Waals surface area contributed by atoms with Crippen LogP contribution in [0, 0.1) is 0 Å². The van der Waals surface area contributed by atoms with E-state index in [2.05, 4.69) is 52.1 Å². The van der Waals surface area contributed by atoms with E-state index in [4.69, 9.17) is 9.47 Å². The van der Waals surface area contributed by atoms with E-state index in [1.165, 1.54) is 22.5 Å². The van der Waals surface area contributed by atoms with E-state index < -0.39 is 0 Å². The van der Waals surface area contributed by atoms with Crippen LogP contribution in [0.4, 0.5) is 0 Å². The maximum Gasteiger partial charge on any atom is 0.330 e. The summed E-state index contributed by atoms with van der Waals surface area (Å²) in [7, 11) is 0. The Bertz CT molecular complexity index is 1010. The summed E-state index contributed by atoms with van der Waals surface area (Å²) in [5.41, 5.74) is 4.65. The molecule has 0 saturated carbocycles. The van der Waals surface area contributed by atoms with Gasteiger partial charge in [-0.15, -0.1) is 0 Å². The second-order valence-corrected chi connectivity index (χ2v) is 7.42. The van der Waals surface area contributed by atoms with Crippen LogP contribution >= 0.6 is 0 Å². The highest BCUT2D eigenvalue weighted by molar-refractivity contribution is 5.87. The summed E-state index contributed by atoms with van der Waals surface area (Å²) in [6.07, 6.45) is 6.53. The van der Waals surface area contributed by atoms with Crippen LogP contribution in [-0.2, 0) is 20.7 Å². The number of para-hydroxylation sites is 1. The quantitative estimate of drug-likeness (QED) is 0.440. The lowest BCUT2D eigenvalue weighted by Crippen LogP contribution is -2.37. The van der Waals surface area contributed by atoms with Crippen molar-refractivity contribution in [1.29, 1.82) is 0 Å². The molecule has 2 heterocycles. The van der Waals surface area contributed by atoms with Gasteiger partial charge in [0.2, 0.25) is 0 Å². The molecule has 4 rings (SSSR count). The number of nitrogens with zero attached hydrogens (tertiary/aromatic N) is 2. The number of morpholine rings is 1. The van der Waals surface area contributed by atoms with Crippen LogP contribution < -0.4 is 0 Å². The third kappa shape index (κ3) is 4.81. The summed E-state index contributed by atoms with van der Waals surface area (Å²) in [6, 6.07) is 16.8. The van der Waals surface area contributed by atoms with Crippen molar-refractivity contribution in [2.75, 3.05) is 39.5 Å². The summed E-state index contributed by atoms with van der Waals surface area (Å²) in [4.78, 5) is 14.0. The molecule has 1 aliphatic heterocycles. The van der Waals surface area contributed by atoms with Crippen LogP contribution in [0.5, 0.6) is 0 Å². The normalized spacial score (nSPS) is 15.1. The molecule has 0 amide bonds. The second-order valence-electron chi connectivity index (χ2n) is 7.42. The van der Waals surface area contributed by atoms with Gasteiger partial charge in [-0.1, -0.05) is 30.3 Å². The van der Waals surface area contributed by atoms with E-state index in [1.54, 1.807) is 13.0 Å². The molecule has 5 nitrogen and oxygen atoms in total. The van der Waals surface area contributed by atoms with Gasteiger partial charge in [0, 0.05) is 43.0 Å². The molecule has 0 unspecified atom stereocenters. The largest absolute Gasteiger partial charge is 0.463 e. The standard InChI is InChI=1S/C25H28N2O3/c1-2-30-25(28)12-9-20-7-10-22(11-8-20)27-19-21(23-5-3-4-6-24(23)27)13-14-26-15-17-29-18-16-26/h3-12,19H,2,13-18H2,1H3. The van der Waals surface area contributed by atoms with Crippen molar-refractivity contribution in [3.05, 3.63) is 71.9 Å². The molecule has 0 aliphatic carbocycles. The van der Waals surface area contributed by atoms with Crippen molar-refractivity contribution in [2.45, 2.75) is 13.3 Å². The predicted molar refractivity (Wildman–Crippen MR) is 120 cm³/mol. The van der Waals surface area contributed by atoms with Crippen LogP contribution in [0.3, 0.4) is 0 Å². The molecule has 0 N–H and O–H groups in total. The van der Waals surface area contributed by atoms with Gasteiger partial charge in [-0.25, -0.2) is 4.79 Å². The molecule has 2 aromatic carbocycles. The van der Waals surface area contributed by atoms with Crippen molar-refractivity contribution in [1.82, 2.24) is 9.47 Å². The third-order valence-electron chi connectivity index (χ3n) is 5.47. The minimum Gasteiger partial charge on any atom is -0.463 e. The van der Waals surface area contributed by atoms with Crippen molar-refractivity contribution in [3.8, 4) is 5.69 Å². The molecule has 156 valence electrons. The third-order valence-corrected chi connectivity index (χ3v) is 5.47. The number of aromatic nitrogens is 1. The first-order valence-corrected chi connectivity index (χ1v) is 10.6. The molecule has 0 radical (unpaired) electrons. The molecular weight excluding hydrogens is 376 g/mol. The first kappa shape index (κ1) is 20.4. The molecular formula is C25H28N2O3. The van der Waals surface area contributed by atoms with Crippen molar-refractivity contribution >= 4 is 22.9 Å². The van der Waals surface area contributed by atoms with Gasteiger partial charge in [0.05, 0.1) is 25.3 Å². The van der Waals surface area contributed by atoms with Crippen LogP contribution in [-0.4, -0.2) is 54.9 Å². The Morgan fingerprint density at radius 3 is 2.63 bits per heavy atom. The molecule has 1 aromatic heterocycles. The molecule has 1 fully saturated rings. The highest BCUT2D eigenvalue weighted by Gasteiger charge is 2.13. The zero-order valence-electron chi connectivity index (χ0n) is 17.4.